The van der Waals surface area contributed by atoms with Crippen LogP contribution in [0.2, 0.25) is 0 Å². The summed E-state index contributed by atoms with van der Waals surface area (Å²) in [6.45, 7) is 5.53. The molecular weight excluding hydrogens is 208 g/mol. The lowest BCUT2D eigenvalue weighted by Crippen LogP contribution is -1.96. The summed E-state index contributed by atoms with van der Waals surface area (Å²) >= 11 is 1.51. The fraction of sp³-hybridized carbons (Fsp3) is 0.0833. The molecule has 1 aromatic heterocycles. The van der Waals surface area contributed by atoms with Crippen molar-refractivity contribution in [2.45, 2.75) is 6.92 Å². The zero-order valence-corrected chi connectivity index (χ0v) is 9.10. The van der Waals surface area contributed by atoms with Crippen molar-refractivity contribution in [2.24, 2.45) is 0 Å². The molecule has 0 aliphatic rings. The van der Waals surface area contributed by atoms with E-state index in [4.69, 9.17) is 5.11 Å². The number of aromatic carboxylic acids is 1. The molecule has 1 N–H and O–H groups in total. The summed E-state index contributed by atoms with van der Waals surface area (Å²) in [6, 6.07) is 5.69. The van der Waals surface area contributed by atoms with Crippen LogP contribution in [0.3, 0.4) is 0 Å². The Morgan fingerprint density at radius 3 is 2.87 bits per heavy atom. The van der Waals surface area contributed by atoms with Crippen molar-refractivity contribution in [3.63, 3.8) is 0 Å². The molecule has 3 heteroatoms. The molecule has 15 heavy (non-hydrogen) atoms. The quantitative estimate of drug-likeness (QED) is 0.836. The van der Waals surface area contributed by atoms with Crippen LogP contribution in [0.5, 0.6) is 0 Å². The molecule has 2 aromatic rings. The molecular formula is C12H10O2S. The van der Waals surface area contributed by atoms with Gasteiger partial charge in [0.25, 0.3) is 0 Å². The van der Waals surface area contributed by atoms with Crippen LogP contribution in [0, 0.1) is 6.92 Å². The van der Waals surface area contributed by atoms with Gasteiger partial charge >= 0.3 is 5.97 Å². The molecule has 2 nitrogen and oxygen atoms in total. The molecule has 0 saturated heterocycles. The molecule has 1 aromatic carbocycles. The predicted octanol–water partition coefficient (Wildman–Crippen LogP) is 3.55. The van der Waals surface area contributed by atoms with Gasteiger partial charge in [0.2, 0.25) is 0 Å². The highest BCUT2D eigenvalue weighted by molar-refractivity contribution is 7.19. The maximum absolute atomic E-state index is 11.0. The van der Waals surface area contributed by atoms with Gasteiger partial charge in [0, 0.05) is 15.0 Å². The Morgan fingerprint density at radius 2 is 2.27 bits per heavy atom. The number of rotatable bonds is 2. The average Bonchev–Trinajstić information content (AvgIpc) is 2.52. The maximum atomic E-state index is 11.0. The Balaban J connectivity index is 2.79. The molecule has 1 heterocycles. The molecule has 0 atom stereocenters. The van der Waals surface area contributed by atoms with Crippen LogP contribution in [-0.4, -0.2) is 11.1 Å². The fourth-order valence-electron chi connectivity index (χ4n) is 1.63. The van der Waals surface area contributed by atoms with Gasteiger partial charge < -0.3 is 5.11 Å². The first-order valence-corrected chi connectivity index (χ1v) is 5.34. The summed E-state index contributed by atoms with van der Waals surface area (Å²) in [6.07, 6.45) is 1.76. The molecule has 0 saturated carbocycles. The number of fused-ring (bicyclic) bond motifs is 1. The smallest absolute Gasteiger partial charge is 0.337 e. The molecule has 0 amide bonds. The number of hydrogen-bond acceptors (Lipinski definition) is 2. The number of benzene rings is 1. The van der Waals surface area contributed by atoms with Crippen molar-refractivity contribution >= 4 is 33.5 Å². The fourth-order valence-corrected chi connectivity index (χ4v) is 2.73. The molecule has 0 fully saturated rings. The highest BCUT2D eigenvalue weighted by atomic mass is 32.1. The highest BCUT2D eigenvalue weighted by Gasteiger charge is 2.14. The van der Waals surface area contributed by atoms with Gasteiger partial charge in [0.05, 0.1) is 5.56 Å². The van der Waals surface area contributed by atoms with E-state index in [1.165, 1.54) is 11.3 Å². The number of hydrogen-bond donors (Lipinski definition) is 1. The number of carboxylic acid groups (broad SMARTS) is 1. The summed E-state index contributed by atoms with van der Waals surface area (Å²) in [4.78, 5) is 11.9. The Bertz CT molecular complexity index is 552. The van der Waals surface area contributed by atoms with E-state index < -0.39 is 5.97 Å². The van der Waals surface area contributed by atoms with Gasteiger partial charge in [0.15, 0.2) is 0 Å². The van der Waals surface area contributed by atoms with E-state index in [9.17, 15) is 4.79 Å². The van der Waals surface area contributed by atoms with Crippen LogP contribution in [0.15, 0.2) is 24.8 Å². The van der Waals surface area contributed by atoms with Gasteiger partial charge in [-0.2, -0.15) is 0 Å². The molecule has 0 bridgehead atoms. The van der Waals surface area contributed by atoms with Crippen LogP contribution < -0.4 is 0 Å². The normalized spacial score (nSPS) is 10.5. The summed E-state index contributed by atoms with van der Waals surface area (Å²) in [7, 11) is 0. The van der Waals surface area contributed by atoms with E-state index >= 15 is 0 Å². The van der Waals surface area contributed by atoms with Crippen molar-refractivity contribution in [2.75, 3.05) is 0 Å². The Labute approximate surface area is 91.5 Å². The van der Waals surface area contributed by atoms with E-state index in [-0.39, 0.29) is 0 Å². The van der Waals surface area contributed by atoms with Gasteiger partial charge in [-0.1, -0.05) is 24.8 Å². The van der Waals surface area contributed by atoms with Crippen molar-refractivity contribution in [3.8, 4) is 0 Å². The van der Waals surface area contributed by atoms with E-state index in [0.29, 0.717) is 5.56 Å². The Morgan fingerprint density at radius 1 is 1.53 bits per heavy atom. The standard InChI is InChI=1S/C12H10O2S/c1-3-8-4-5-9-10(6-8)15-7(2)11(9)12(13)14/h3-6H,1H2,2H3,(H,13,14). The van der Waals surface area contributed by atoms with E-state index in [1.807, 2.05) is 25.1 Å². The lowest BCUT2D eigenvalue weighted by atomic mass is 10.1. The van der Waals surface area contributed by atoms with Gasteiger partial charge in [-0.3, -0.25) is 0 Å². The topological polar surface area (TPSA) is 37.3 Å². The van der Waals surface area contributed by atoms with E-state index in [1.54, 1.807) is 6.08 Å². The SMILES string of the molecule is C=Cc1ccc2c(C(=O)O)c(C)sc2c1. The van der Waals surface area contributed by atoms with Crippen LogP contribution >= 0.6 is 11.3 Å². The third kappa shape index (κ3) is 1.55. The molecule has 0 unspecified atom stereocenters. The second kappa shape index (κ2) is 3.51. The van der Waals surface area contributed by atoms with Crippen molar-refractivity contribution < 1.29 is 9.90 Å². The third-order valence-corrected chi connectivity index (χ3v) is 3.41. The minimum atomic E-state index is -0.856. The first kappa shape index (κ1) is 9.93. The molecule has 0 radical (unpaired) electrons. The third-order valence-electron chi connectivity index (χ3n) is 2.34. The summed E-state index contributed by atoms with van der Waals surface area (Å²) in [5, 5.41) is 9.88. The lowest BCUT2D eigenvalue weighted by Gasteiger charge is -1.95. The van der Waals surface area contributed by atoms with Crippen molar-refractivity contribution in [1.29, 1.82) is 0 Å². The van der Waals surface area contributed by atoms with Crippen molar-refractivity contribution in [3.05, 3.63) is 40.8 Å². The van der Waals surface area contributed by atoms with Gasteiger partial charge in [0.1, 0.15) is 0 Å². The lowest BCUT2D eigenvalue weighted by molar-refractivity contribution is 0.0699. The average molecular weight is 218 g/mol. The molecule has 0 aliphatic carbocycles. The largest absolute Gasteiger partial charge is 0.478 e. The molecule has 76 valence electrons. The second-order valence-electron chi connectivity index (χ2n) is 3.30. The summed E-state index contributed by atoms with van der Waals surface area (Å²) in [5.74, 6) is -0.856. The second-order valence-corrected chi connectivity index (χ2v) is 4.55. The first-order valence-electron chi connectivity index (χ1n) is 4.52. The minimum absolute atomic E-state index is 0.422. The monoisotopic (exact) mass is 218 g/mol. The predicted molar refractivity (Wildman–Crippen MR) is 63.6 cm³/mol. The van der Waals surface area contributed by atoms with E-state index in [2.05, 4.69) is 6.58 Å². The minimum Gasteiger partial charge on any atom is -0.478 e. The molecule has 0 aliphatic heterocycles. The number of aryl methyl sites for hydroxylation is 1. The van der Waals surface area contributed by atoms with Crippen LogP contribution in [0.4, 0.5) is 0 Å². The van der Waals surface area contributed by atoms with Crippen LogP contribution in [0.25, 0.3) is 16.2 Å². The van der Waals surface area contributed by atoms with Gasteiger partial charge in [-0.15, -0.1) is 11.3 Å². The van der Waals surface area contributed by atoms with Crippen molar-refractivity contribution in [1.82, 2.24) is 0 Å². The highest BCUT2D eigenvalue weighted by Crippen LogP contribution is 2.31. The number of carboxylic acids is 1. The zero-order chi connectivity index (χ0) is 11.0. The first-order chi connectivity index (χ1) is 7.13. The van der Waals surface area contributed by atoms with E-state index in [0.717, 1.165) is 20.5 Å². The molecule has 0 spiro atoms. The van der Waals surface area contributed by atoms with Gasteiger partial charge in [-0.05, 0) is 18.6 Å². The van der Waals surface area contributed by atoms with Gasteiger partial charge in [-0.25, -0.2) is 4.79 Å². The zero-order valence-electron chi connectivity index (χ0n) is 8.28. The number of carbonyl (C=O) groups is 1. The molecule has 2 rings (SSSR count). The maximum Gasteiger partial charge on any atom is 0.337 e. The summed E-state index contributed by atoms with van der Waals surface area (Å²) < 4.78 is 1.00. The summed E-state index contributed by atoms with van der Waals surface area (Å²) in [5.41, 5.74) is 1.44. The Kier molecular flexibility index (Phi) is 2.32. The van der Waals surface area contributed by atoms with Crippen LogP contribution in [0.1, 0.15) is 20.8 Å². The van der Waals surface area contributed by atoms with Crippen LogP contribution in [-0.2, 0) is 0 Å². The Hall–Kier alpha value is -1.61. The number of thiophene rings is 1.